The van der Waals surface area contributed by atoms with Gasteiger partial charge in [0.1, 0.15) is 6.10 Å². The molecular weight excluding hydrogens is 682 g/mol. The number of carboxylic acid groups (broad SMARTS) is 1. The molecule has 292 valence electrons. The van der Waals surface area contributed by atoms with Crippen molar-refractivity contribution in [3.8, 4) is 0 Å². The van der Waals surface area contributed by atoms with Crippen LogP contribution in [0.5, 0.6) is 0 Å². The second-order valence-corrected chi connectivity index (χ2v) is 20.6. The molecule has 1 aromatic carbocycles. The van der Waals surface area contributed by atoms with E-state index in [-0.39, 0.29) is 51.5 Å². The van der Waals surface area contributed by atoms with E-state index in [0.717, 1.165) is 56.9 Å². The van der Waals surface area contributed by atoms with Gasteiger partial charge in [0.15, 0.2) is 0 Å². The van der Waals surface area contributed by atoms with Gasteiger partial charge in [0.25, 0.3) is 0 Å². The van der Waals surface area contributed by atoms with E-state index in [1.807, 2.05) is 37.3 Å². The Bertz CT molecular complexity index is 1690. The summed E-state index contributed by atoms with van der Waals surface area (Å²) >= 11 is 6.25. The predicted octanol–water partition coefficient (Wildman–Crippen LogP) is 11.3. The Morgan fingerprint density at radius 1 is 0.943 bits per heavy atom. The minimum atomic E-state index is -1.15. The molecule has 4 fully saturated rings. The van der Waals surface area contributed by atoms with Crippen molar-refractivity contribution in [2.75, 3.05) is 0 Å². The number of rotatable bonds is 9. The molecule has 0 spiro atoms. The Balaban J connectivity index is 1.24. The molecule has 4 saturated carbocycles. The fraction of sp³-hybridized carbons (Fsp3) is 0.717. The maximum absolute atomic E-state index is 13.4. The third-order valence-electron chi connectivity index (χ3n) is 16.4. The monoisotopic (exact) mass is 747 g/mol. The van der Waals surface area contributed by atoms with Gasteiger partial charge in [0.05, 0.1) is 17.9 Å². The number of esters is 1. The zero-order valence-corrected chi connectivity index (χ0v) is 34.9. The first-order chi connectivity index (χ1) is 24.6. The van der Waals surface area contributed by atoms with Gasteiger partial charge in [0.2, 0.25) is 5.91 Å². The third kappa shape index (κ3) is 6.63. The highest BCUT2D eigenvalue weighted by atomic mass is 35.5. The quantitative estimate of drug-likeness (QED) is 0.149. The van der Waals surface area contributed by atoms with Crippen molar-refractivity contribution in [1.82, 2.24) is 5.32 Å². The molecule has 0 bridgehead atoms. The van der Waals surface area contributed by atoms with E-state index in [1.165, 1.54) is 12.8 Å². The summed E-state index contributed by atoms with van der Waals surface area (Å²) in [5.41, 5.74) is 3.34. The van der Waals surface area contributed by atoms with Crippen molar-refractivity contribution in [3.63, 3.8) is 0 Å². The Hall–Kier alpha value is -2.60. The van der Waals surface area contributed by atoms with E-state index in [0.29, 0.717) is 28.7 Å². The Morgan fingerprint density at radius 2 is 1.66 bits per heavy atom. The van der Waals surface area contributed by atoms with Crippen molar-refractivity contribution in [2.24, 2.45) is 56.2 Å². The molecule has 6 rings (SSSR count). The van der Waals surface area contributed by atoms with Crippen LogP contribution in [0.15, 0.2) is 47.6 Å². The number of hydrogen-bond donors (Lipinski definition) is 2. The lowest BCUT2D eigenvalue weighted by molar-refractivity contribution is -0.232. The molecule has 0 saturated heterocycles. The van der Waals surface area contributed by atoms with Gasteiger partial charge in [-0.15, -0.1) is 0 Å². The van der Waals surface area contributed by atoms with Crippen molar-refractivity contribution in [3.05, 3.63) is 58.1 Å². The summed E-state index contributed by atoms with van der Waals surface area (Å²) in [4.78, 5) is 38.3. The standard InChI is InChI=1S/C46H66ClNO5/c1-28(2)32-16-22-46(23-19-37(49)48-29(3)30-12-11-13-31(47)26-30)25-24-44(9)33(39(32)46)14-15-35-43(8)20-18-36(53-38(50)27-41(4,5)40(51)52)42(6,7)34(43)17-21-45(35,44)10/h11-13,19,23,26,28-29,33-36H,14-18,20-22,24-25,27H2,1-10H3,(H,48,49)(H,51,52)/b23-19+/t29-,33?,34?,35+,36-,43-,44+,45+,46-/m0/s1. The first-order valence-electron chi connectivity index (χ1n) is 20.5. The molecule has 7 heteroatoms. The van der Waals surface area contributed by atoms with Gasteiger partial charge in [0, 0.05) is 15.9 Å². The average Bonchev–Trinajstić information content (AvgIpc) is 3.45. The van der Waals surface area contributed by atoms with Crippen LogP contribution in [-0.2, 0) is 19.1 Å². The number of halogens is 1. The Kier molecular flexibility index (Phi) is 10.5. The highest BCUT2D eigenvalue weighted by Crippen LogP contribution is 2.77. The summed E-state index contributed by atoms with van der Waals surface area (Å²) in [6, 6.07) is 7.57. The van der Waals surface area contributed by atoms with Gasteiger partial charge in [-0.05, 0) is 149 Å². The first-order valence-corrected chi connectivity index (χ1v) is 20.9. The van der Waals surface area contributed by atoms with Crippen molar-refractivity contribution in [2.45, 2.75) is 152 Å². The number of carbonyl (C=O) groups is 3. The number of ether oxygens (including phenoxy) is 1. The highest BCUT2D eigenvalue weighted by molar-refractivity contribution is 6.30. The topological polar surface area (TPSA) is 92.7 Å². The number of amides is 1. The fourth-order valence-corrected chi connectivity index (χ4v) is 13.4. The molecule has 1 aromatic rings. The van der Waals surface area contributed by atoms with E-state index < -0.39 is 17.4 Å². The lowest BCUT2D eigenvalue weighted by Crippen LogP contribution is -2.65. The maximum atomic E-state index is 13.4. The zero-order chi connectivity index (χ0) is 38.9. The molecule has 0 radical (unpaired) electrons. The maximum Gasteiger partial charge on any atom is 0.309 e. The number of aliphatic carboxylic acids is 1. The van der Waals surface area contributed by atoms with Crippen LogP contribution in [0.4, 0.5) is 0 Å². The van der Waals surface area contributed by atoms with E-state index >= 15 is 0 Å². The van der Waals surface area contributed by atoms with Gasteiger partial charge in [-0.3, -0.25) is 14.4 Å². The predicted molar refractivity (Wildman–Crippen MR) is 212 cm³/mol. The number of allylic oxidation sites excluding steroid dienone is 3. The van der Waals surface area contributed by atoms with Crippen LogP contribution in [-0.4, -0.2) is 29.1 Å². The van der Waals surface area contributed by atoms with Gasteiger partial charge < -0.3 is 15.2 Å². The van der Waals surface area contributed by atoms with Crippen LogP contribution in [0.1, 0.15) is 151 Å². The molecule has 1 amide bonds. The summed E-state index contributed by atoms with van der Waals surface area (Å²) in [5, 5.41) is 13.5. The molecule has 2 N–H and O–H groups in total. The fourth-order valence-electron chi connectivity index (χ4n) is 13.2. The Morgan fingerprint density at radius 3 is 2.32 bits per heavy atom. The number of carbonyl (C=O) groups excluding carboxylic acids is 2. The van der Waals surface area contributed by atoms with Gasteiger partial charge in [-0.2, -0.15) is 0 Å². The van der Waals surface area contributed by atoms with Crippen LogP contribution >= 0.6 is 11.6 Å². The van der Waals surface area contributed by atoms with E-state index in [9.17, 15) is 19.5 Å². The highest BCUT2D eigenvalue weighted by Gasteiger charge is 2.69. The lowest BCUT2D eigenvalue weighted by Gasteiger charge is -2.72. The number of carboxylic acids is 1. The van der Waals surface area contributed by atoms with Crippen LogP contribution in [0.2, 0.25) is 5.02 Å². The van der Waals surface area contributed by atoms with Crippen LogP contribution in [0, 0.1) is 56.2 Å². The molecule has 5 aliphatic carbocycles. The van der Waals surface area contributed by atoms with Gasteiger partial charge in [-0.1, -0.05) is 89.4 Å². The summed E-state index contributed by atoms with van der Waals surface area (Å²) in [7, 11) is 0. The number of nitrogens with one attached hydrogen (secondary N) is 1. The van der Waals surface area contributed by atoms with Gasteiger partial charge in [-0.25, -0.2) is 0 Å². The molecule has 2 unspecified atom stereocenters. The molecule has 0 aromatic heterocycles. The summed E-state index contributed by atoms with van der Waals surface area (Å²) in [5.74, 6) is 0.554. The second kappa shape index (κ2) is 13.9. The van der Waals surface area contributed by atoms with Gasteiger partial charge >= 0.3 is 11.9 Å². The van der Waals surface area contributed by atoms with Crippen molar-refractivity contribution in [1.29, 1.82) is 0 Å². The molecule has 5 aliphatic rings. The molecule has 0 heterocycles. The van der Waals surface area contributed by atoms with Crippen molar-refractivity contribution >= 4 is 29.4 Å². The molecule has 9 atom stereocenters. The van der Waals surface area contributed by atoms with E-state index in [1.54, 1.807) is 25.0 Å². The summed E-state index contributed by atoms with van der Waals surface area (Å²) < 4.78 is 6.19. The van der Waals surface area contributed by atoms with Crippen molar-refractivity contribution < 1.29 is 24.2 Å². The van der Waals surface area contributed by atoms with Crippen LogP contribution < -0.4 is 5.32 Å². The summed E-state index contributed by atoms with van der Waals surface area (Å²) in [6.07, 6.45) is 14.8. The Labute approximate surface area is 324 Å². The molecular formula is C46H66ClNO5. The van der Waals surface area contributed by atoms with E-state index in [2.05, 4.69) is 59.9 Å². The minimum absolute atomic E-state index is 0.0473. The molecule has 6 nitrogen and oxygen atoms in total. The smallest absolute Gasteiger partial charge is 0.309 e. The number of fused-ring (bicyclic) bond motifs is 7. The summed E-state index contributed by atoms with van der Waals surface area (Å²) in [6.45, 7) is 22.4. The molecule has 0 aliphatic heterocycles. The number of hydrogen-bond acceptors (Lipinski definition) is 4. The zero-order valence-electron chi connectivity index (χ0n) is 34.2. The SMILES string of the molecule is CC(C)C1=C2C3CC[C@@H]4[C@@]5(C)CC[C@H](OC(=O)CC(C)(C)C(=O)O)C(C)(C)C5CC[C@@]4(C)[C@]3(C)CC[C@@]2(/C=C/C(=O)N[C@@H](C)c2cccc(Cl)c2)CC1. The normalized spacial score (nSPS) is 37.0. The third-order valence-corrected chi connectivity index (χ3v) is 16.6. The van der Waals surface area contributed by atoms with Crippen LogP contribution in [0.3, 0.4) is 0 Å². The second-order valence-electron chi connectivity index (χ2n) is 20.2. The van der Waals surface area contributed by atoms with Crippen LogP contribution in [0.25, 0.3) is 0 Å². The average molecular weight is 748 g/mol. The number of benzene rings is 1. The minimum Gasteiger partial charge on any atom is -0.481 e. The molecule has 53 heavy (non-hydrogen) atoms. The first kappa shape index (κ1) is 40.1. The largest absolute Gasteiger partial charge is 0.481 e. The van der Waals surface area contributed by atoms with E-state index in [4.69, 9.17) is 16.3 Å². The lowest BCUT2D eigenvalue weighted by atomic mass is 9.33.